The smallest absolute Gasteiger partial charge is 0.407 e. The number of hydrogen-bond donors (Lipinski definition) is 1. The van der Waals surface area contributed by atoms with Crippen molar-refractivity contribution in [2.24, 2.45) is 5.92 Å². The Morgan fingerprint density at radius 1 is 1.31 bits per heavy atom. The van der Waals surface area contributed by atoms with Crippen LogP contribution >= 0.6 is 0 Å². The van der Waals surface area contributed by atoms with Gasteiger partial charge in [0.2, 0.25) is 0 Å². The van der Waals surface area contributed by atoms with Gasteiger partial charge < -0.3 is 10.0 Å². The van der Waals surface area contributed by atoms with Crippen molar-refractivity contribution < 1.29 is 14.7 Å². The Morgan fingerprint density at radius 3 is 2.54 bits per heavy atom. The summed E-state index contributed by atoms with van der Waals surface area (Å²) in [6.07, 6.45) is 1.45. The lowest BCUT2D eigenvalue weighted by Gasteiger charge is -2.15. The van der Waals surface area contributed by atoms with E-state index in [-0.39, 0.29) is 11.7 Å². The predicted octanol–water partition coefficient (Wildman–Crippen LogP) is 1.36. The fourth-order valence-corrected chi connectivity index (χ4v) is 1.69. The van der Waals surface area contributed by atoms with Gasteiger partial charge in [-0.05, 0) is 26.2 Å². The van der Waals surface area contributed by atoms with E-state index in [0.717, 1.165) is 12.8 Å². The van der Waals surface area contributed by atoms with Gasteiger partial charge in [0, 0.05) is 19.0 Å². The number of carbonyl (C=O) groups excluding carboxylic acids is 1. The van der Waals surface area contributed by atoms with Gasteiger partial charge in [-0.15, -0.1) is 0 Å². The highest BCUT2D eigenvalue weighted by Crippen LogP contribution is 2.18. The molecule has 0 aromatic carbocycles. The first-order valence-electron chi connectivity index (χ1n) is 4.59. The van der Waals surface area contributed by atoms with Gasteiger partial charge in [0.25, 0.3) is 0 Å². The van der Waals surface area contributed by atoms with E-state index in [0.29, 0.717) is 19.5 Å². The third-order valence-electron chi connectivity index (χ3n) is 2.57. The second-order valence-electron chi connectivity index (χ2n) is 3.51. The van der Waals surface area contributed by atoms with Crippen molar-refractivity contribution in [3.05, 3.63) is 0 Å². The Bertz CT molecular complexity index is 193. The van der Waals surface area contributed by atoms with Crippen LogP contribution in [0.3, 0.4) is 0 Å². The fraction of sp³-hybridized carbons (Fsp3) is 0.778. The van der Waals surface area contributed by atoms with Crippen molar-refractivity contribution in [3.8, 4) is 0 Å². The number of likely N-dealkylation sites (tertiary alicyclic amines) is 1. The molecule has 4 heteroatoms. The van der Waals surface area contributed by atoms with Gasteiger partial charge in [0.1, 0.15) is 5.78 Å². The molecule has 0 aromatic rings. The Balaban J connectivity index is 2.48. The van der Waals surface area contributed by atoms with E-state index < -0.39 is 6.09 Å². The average Bonchev–Trinajstić information content (AvgIpc) is 2.27. The molecule has 0 spiro atoms. The normalized spacial score (nSPS) is 23.8. The van der Waals surface area contributed by atoms with Crippen LogP contribution in [0, 0.1) is 5.92 Å². The van der Waals surface area contributed by atoms with E-state index in [1.165, 1.54) is 4.90 Å². The number of nitrogens with zero attached hydrogens (tertiary/aromatic N) is 1. The molecule has 74 valence electrons. The molecule has 0 aromatic heterocycles. The van der Waals surface area contributed by atoms with Crippen LogP contribution in [0.2, 0.25) is 0 Å². The lowest BCUT2D eigenvalue weighted by atomic mass is 9.97. The summed E-state index contributed by atoms with van der Waals surface area (Å²) in [5.41, 5.74) is 0. The van der Waals surface area contributed by atoms with E-state index in [9.17, 15) is 9.59 Å². The quantitative estimate of drug-likeness (QED) is 0.671. The fourth-order valence-electron chi connectivity index (χ4n) is 1.69. The second-order valence-corrected chi connectivity index (χ2v) is 3.51. The molecule has 1 N–H and O–H groups in total. The number of carbonyl (C=O) groups is 2. The average molecular weight is 185 g/mol. The van der Waals surface area contributed by atoms with E-state index in [1.807, 2.05) is 0 Å². The number of carboxylic acid groups (broad SMARTS) is 1. The molecule has 1 unspecified atom stereocenters. The molecule has 1 aliphatic rings. The minimum atomic E-state index is -0.871. The van der Waals surface area contributed by atoms with Gasteiger partial charge in [-0.2, -0.15) is 0 Å². The maximum atomic E-state index is 11.1. The van der Waals surface area contributed by atoms with Crippen LogP contribution in [0.5, 0.6) is 0 Å². The van der Waals surface area contributed by atoms with Gasteiger partial charge in [-0.1, -0.05) is 0 Å². The molecule has 1 atom stereocenters. The van der Waals surface area contributed by atoms with Gasteiger partial charge >= 0.3 is 6.09 Å². The highest BCUT2D eigenvalue weighted by molar-refractivity contribution is 5.78. The van der Waals surface area contributed by atoms with E-state index >= 15 is 0 Å². The summed E-state index contributed by atoms with van der Waals surface area (Å²) in [6.45, 7) is 2.65. The molecule has 1 fully saturated rings. The minimum absolute atomic E-state index is 0.0735. The van der Waals surface area contributed by atoms with Crippen molar-refractivity contribution in [1.82, 2.24) is 4.90 Å². The molecule has 0 aliphatic carbocycles. The van der Waals surface area contributed by atoms with Crippen molar-refractivity contribution in [3.63, 3.8) is 0 Å². The van der Waals surface area contributed by atoms with Gasteiger partial charge in [-0.25, -0.2) is 4.79 Å². The maximum absolute atomic E-state index is 11.1. The monoisotopic (exact) mass is 185 g/mol. The van der Waals surface area contributed by atoms with Crippen molar-refractivity contribution in [1.29, 1.82) is 0 Å². The van der Waals surface area contributed by atoms with Crippen molar-refractivity contribution in [2.45, 2.75) is 26.2 Å². The summed E-state index contributed by atoms with van der Waals surface area (Å²) in [4.78, 5) is 23.1. The van der Waals surface area contributed by atoms with Crippen LogP contribution in [-0.4, -0.2) is 35.0 Å². The van der Waals surface area contributed by atoms with E-state index in [1.54, 1.807) is 6.92 Å². The number of amides is 1. The lowest BCUT2D eigenvalue weighted by Crippen LogP contribution is -2.30. The first kappa shape index (κ1) is 10.0. The molecule has 1 heterocycles. The first-order valence-corrected chi connectivity index (χ1v) is 4.59. The minimum Gasteiger partial charge on any atom is -0.465 e. The van der Waals surface area contributed by atoms with Gasteiger partial charge in [-0.3, -0.25) is 4.79 Å². The SMILES string of the molecule is CC(=O)C1CCCN(C(=O)O)CC1. The van der Waals surface area contributed by atoms with Crippen LogP contribution in [0.1, 0.15) is 26.2 Å². The lowest BCUT2D eigenvalue weighted by molar-refractivity contribution is -0.121. The zero-order valence-electron chi connectivity index (χ0n) is 7.82. The van der Waals surface area contributed by atoms with Gasteiger partial charge in [0.15, 0.2) is 0 Å². The summed E-state index contributed by atoms with van der Waals surface area (Å²) in [5, 5.41) is 8.73. The van der Waals surface area contributed by atoms with Crippen LogP contribution in [-0.2, 0) is 4.79 Å². The molecule has 1 rings (SSSR count). The summed E-state index contributed by atoms with van der Waals surface area (Å²) in [5.74, 6) is 0.261. The molecule has 1 amide bonds. The summed E-state index contributed by atoms with van der Waals surface area (Å²) in [6, 6.07) is 0. The van der Waals surface area contributed by atoms with Crippen molar-refractivity contribution >= 4 is 11.9 Å². The summed E-state index contributed by atoms with van der Waals surface area (Å²) in [7, 11) is 0. The zero-order valence-corrected chi connectivity index (χ0v) is 7.82. The number of Topliss-reactive ketones (excluding diaryl/α,β-unsaturated/α-hetero) is 1. The molecule has 0 bridgehead atoms. The summed E-state index contributed by atoms with van der Waals surface area (Å²) < 4.78 is 0. The highest BCUT2D eigenvalue weighted by atomic mass is 16.4. The molecule has 13 heavy (non-hydrogen) atoms. The van der Waals surface area contributed by atoms with Crippen LogP contribution < -0.4 is 0 Å². The molecule has 0 saturated carbocycles. The molecular formula is C9H15NO3. The maximum Gasteiger partial charge on any atom is 0.407 e. The standard InChI is InChI=1S/C9H15NO3/c1-7(11)8-3-2-5-10(6-4-8)9(12)13/h8H,2-6H2,1H3,(H,12,13). The number of hydrogen-bond acceptors (Lipinski definition) is 2. The van der Waals surface area contributed by atoms with E-state index in [4.69, 9.17) is 5.11 Å². The van der Waals surface area contributed by atoms with Crippen molar-refractivity contribution in [2.75, 3.05) is 13.1 Å². The molecule has 1 saturated heterocycles. The largest absolute Gasteiger partial charge is 0.465 e. The Morgan fingerprint density at radius 2 is 2.00 bits per heavy atom. The highest BCUT2D eigenvalue weighted by Gasteiger charge is 2.22. The molecule has 4 nitrogen and oxygen atoms in total. The third kappa shape index (κ3) is 2.72. The van der Waals surface area contributed by atoms with Crippen LogP contribution in [0.4, 0.5) is 4.79 Å². The topological polar surface area (TPSA) is 57.6 Å². The Hall–Kier alpha value is -1.06. The molecule has 1 aliphatic heterocycles. The van der Waals surface area contributed by atoms with Crippen LogP contribution in [0.25, 0.3) is 0 Å². The zero-order chi connectivity index (χ0) is 9.84. The van der Waals surface area contributed by atoms with E-state index in [2.05, 4.69) is 0 Å². The Labute approximate surface area is 77.5 Å². The molecule has 0 radical (unpaired) electrons. The van der Waals surface area contributed by atoms with Crippen LogP contribution in [0.15, 0.2) is 0 Å². The first-order chi connectivity index (χ1) is 6.11. The summed E-state index contributed by atoms with van der Waals surface area (Å²) >= 11 is 0. The number of rotatable bonds is 1. The number of ketones is 1. The van der Waals surface area contributed by atoms with Gasteiger partial charge in [0.05, 0.1) is 0 Å². The Kier molecular flexibility index (Phi) is 3.28. The second kappa shape index (κ2) is 4.25. The molecular weight excluding hydrogens is 170 g/mol. The predicted molar refractivity (Wildman–Crippen MR) is 47.6 cm³/mol. The third-order valence-corrected chi connectivity index (χ3v) is 2.57.